The van der Waals surface area contributed by atoms with Gasteiger partial charge in [-0.05, 0) is 60.5 Å². The van der Waals surface area contributed by atoms with Gasteiger partial charge in [0.2, 0.25) is 5.89 Å². The van der Waals surface area contributed by atoms with Crippen molar-refractivity contribution in [1.29, 1.82) is 0 Å². The highest BCUT2D eigenvalue weighted by Crippen LogP contribution is 2.32. The van der Waals surface area contributed by atoms with E-state index in [-0.39, 0.29) is 19.7 Å². The molecule has 1 aliphatic rings. The zero-order chi connectivity index (χ0) is 29.5. The van der Waals surface area contributed by atoms with Crippen LogP contribution in [0, 0.1) is 0 Å². The van der Waals surface area contributed by atoms with Crippen LogP contribution >= 0.6 is 11.3 Å². The minimum absolute atomic E-state index is 0.00172. The highest BCUT2D eigenvalue weighted by molar-refractivity contribution is 7.90. The van der Waals surface area contributed by atoms with Crippen molar-refractivity contribution in [2.24, 2.45) is 0 Å². The second-order valence-electron chi connectivity index (χ2n) is 9.56. The van der Waals surface area contributed by atoms with Gasteiger partial charge in [0.1, 0.15) is 18.0 Å². The fourth-order valence-corrected chi connectivity index (χ4v) is 7.06. The first-order valence-electron chi connectivity index (χ1n) is 13.7. The summed E-state index contributed by atoms with van der Waals surface area (Å²) in [6, 6.07) is 18.5. The number of oxazole rings is 1. The number of rotatable bonds is 13. The molecule has 0 fully saturated rings. The van der Waals surface area contributed by atoms with Crippen molar-refractivity contribution in [2.75, 3.05) is 37.7 Å². The molecular formula is C30H33N3O7S2. The number of methoxy groups -OCH3 is 1. The molecular weight excluding hydrogens is 578 g/mol. The van der Waals surface area contributed by atoms with Crippen molar-refractivity contribution < 1.29 is 31.8 Å². The molecule has 0 radical (unpaired) electrons. The van der Waals surface area contributed by atoms with Crippen LogP contribution in [0.3, 0.4) is 0 Å². The minimum Gasteiger partial charge on any atom is -0.493 e. The third-order valence-corrected chi connectivity index (χ3v) is 9.46. The number of esters is 1. The van der Waals surface area contributed by atoms with Crippen LogP contribution in [0.15, 0.2) is 70.5 Å². The number of aryl methyl sites for hydroxylation is 1. The second-order valence-corrected chi connectivity index (χ2v) is 12.4. The van der Waals surface area contributed by atoms with Gasteiger partial charge in [0.15, 0.2) is 0 Å². The lowest BCUT2D eigenvalue weighted by atomic mass is 10.0. The summed E-state index contributed by atoms with van der Waals surface area (Å²) in [5, 5.41) is 1.95. The van der Waals surface area contributed by atoms with Crippen LogP contribution in [0.25, 0.3) is 10.8 Å². The maximum atomic E-state index is 13.9. The van der Waals surface area contributed by atoms with Crippen LogP contribution in [0.5, 0.6) is 11.7 Å². The van der Waals surface area contributed by atoms with E-state index in [0.29, 0.717) is 60.5 Å². The number of para-hydroxylation sites is 1. The van der Waals surface area contributed by atoms with Gasteiger partial charge >= 0.3 is 22.1 Å². The first-order chi connectivity index (χ1) is 20.4. The number of hydrogen-bond acceptors (Lipinski definition) is 9. The lowest BCUT2D eigenvalue weighted by Crippen LogP contribution is -2.47. The summed E-state index contributed by atoms with van der Waals surface area (Å²) in [5.41, 5.74) is 2.99. The summed E-state index contributed by atoms with van der Waals surface area (Å²) in [6.45, 7) is 2.15. The van der Waals surface area contributed by atoms with E-state index in [1.165, 1.54) is 27.1 Å². The molecule has 2 aromatic heterocycles. The summed E-state index contributed by atoms with van der Waals surface area (Å²) in [5.74, 6) is 0.884. The van der Waals surface area contributed by atoms with Gasteiger partial charge in [-0.25, -0.2) is 4.98 Å². The van der Waals surface area contributed by atoms with Gasteiger partial charge in [-0.2, -0.15) is 12.7 Å². The minimum atomic E-state index is -4.02. The first kappa shape index (κ1) is 29.6. The quantitative estimate of drug-likeness (QED) is 0.192. The van der Waals surface area contributed by atoms with Crippen molar-refractivity contribution in [3.8, 4) is 22.5 Å². The number of fused-ring (bicyclic) bond motifs is 1. The molecule has 222 valence electrons. The van der Waals surface area contributed by atoms with E-state index >= 15 is 0 Å². The molecule has 0 spiro atoms. The zero-order valence-electron chi connectivity index (χ0n) is 23.5. The van der Waals surface area contributed by atoms with E-state index in [9.17, 15) is 13.2 Å². The molecule has 5 rings (SSSR count). The predicted molar refractivity (Wildman–Crippen MR) is 160 cm³/mol. The van der Waals surface area contributed by atoms with Crippen LogP contribution in [-0.2, 0) is 39.1 Å². The van der Waals surface area contributed by atoms with E-state index < -0.39 is 16.2 Å². The first-order valence-corrected chi connectivity index (χ1v) is 16.0. The van der Waals surface area contributed by atoms with E-state index in [0.717, 1.165) is 16.9 Å². The maximum absolute atomic E-state index is 13.9. The summed E-state index contributed by atoms with van der Waals surface area (Å²) in [6.07, 6.45) is 1.98. The number of nitrogens with zero attached hydrogens (tertiary/aromatic N) is 3. The standard InChI is InChI=1S/C30H33N3O7S2/c1-3-38-28(34)21-32(42(35,36)33-17-6-9-23-8-4-5-10-26(23)33)20-22-12-14-24(15-13-22)39-18-16-25-30(37-2)40-29(31-25)27-11-7-19-41-27/h4-5,7-8,10-15,19H,3,6,9,16-18,20-21H2,1-2H3. The fourth-order valence-electron chi connectivity index (χ4n) is 4.77. The molecule has 0 bridgehead atoms. The Hall–Kier alpha value is -3.87. The van der Waals surface area contributed by atoms with Gasteiger partial charge in [0, 0.05) is 19.5 Å². The maximum Gasteiger partial charge on any atom is 0.321 e. The van der Waals surface area contributed by atoms with Gasteiger partial charge in [-0.1, -0.05) is 36.4 Å². The Morgan fingerprint density at radius 3 is 2.67 bits per heavy atom. The van der Waals surface area contributed by atoms with Gasteiger partial charge in [-0.15, -0.1) is 11.3 Å². The van der Waals surface area contributed by atoms with Crippen LogP contribution in [0.2, 0.25) is 0 Å². The molecule has 0 atom stereocenters. The molecule has 0 saturated heterocycles. The Bertz CT molecular complexity index is 1590. The Morgan fingerprint density at radius 1 is 1.12 bits per heavy atom. The third-order valence-electron chi connectivity index (χ3n) is 6.75. The molecule has 0 amide bonds. The largest absolute Gasteiger partial charge is 0.493 e. The SMILES string of the molecule is CCOC(=O)CN(Cc1ccc(OCCc2nc(-c3cccs3)oc2OC)cc1)S(=O)(=O)N1CCCc2ccccc21. The average Bonchev–Trinajstić information content (AvgIpc) is 3.68. The number of thiophene rings is 1. The highest BCUT2D eigenvalue weighted by atomic mass is 32.2. The van der Waals surface area contributed by atoms with Gasteiger partial charge < -0.3 is 18.6 Å². The van der Waals surface area contributed by atoms with Crippen LogP contribution in [0.1, 0.15) is 30.2 Å². The Kier molecular flexibility index (Phi) is 9.45. The van der Waals surface area contributed by atoms with Gasteiger partial charge in [0.05, 0.1) is 30.9 Å². The summed E-state index contributed by atoms with van der Waals surface area (Å²) in [7, 11) is -2.48. The molecule has 12 heteroatoms. The molecule has 1 aliphatic heterocycles. The fraction of sp³-hybridized carbons (Fsp3) is 0.333. The van der Waals surface area contributed by atoms with Gasteiger partial charge in [-0.3, -0.25) is 9.10 Å². The number of hydrogen-bond donors (Lipinski definition) is 0. The van der Waals surface area contributed by atoms with Crippen LogP contribution in [-0.4, -0.2) is 57.1 Å². The molecule has 42 heavy (non-hydrogen) atoms. The summed E-state index contributed by atoms with van der Waals surface area (Å²) >= 11 is 1.53. The predicted octanol–water partition coefficient (Wildman–Crippen LogP) is 5.10. The van der Waals surface area contributed by atoms with E-state index in [4.69, 9.17) is 18.6 Å². The van der Waals surface area contributed by atoms with Crippen LogP contribution in [0.4, 0.5) is 5.69 Å². The highest BCUT2D eigenvalue weighted by Gasteiger charge is 2.34. The molecule has 10 nitrogen and oxygen atoms in total. The van der Waals surface area contributed by atoms with E-state index in [1.54, 1.807) is 37.3 Å². The smallest absolute Gasteiger partial charge is 0.321 e. The molecule has 3 heterocycles. The molecule has 0 N–H and O–H groups in total. The monoisotopic (exact) mass is 611 g/mol. The molecule has 0 unspecified atom stereocenters. The van der Waals surface area contributed by atoms with E-state index in [1.807, 2.05) is 35.7 Å². The summed E-state index contributed by atoms with van der Waals surface area (Å²) < 4.78 is 52.4. The summed E-state index contributed by atoms with van der Waals surface area (Å²) in [4.78, 5) is 17.9. The molecule has 4 aromatic rings. The number of benzene rings is 2. The Labute approximate surface area is 249 Å². The van der Waals surface area contributed by atoms with Crippen molar-refractivity contribution >= 4 is 33.2 Å². The number of aromatic nitrogens is 1. The van der Waals surface area contributed by atoms with Crippen molar-refractivity contribution in [1.82, 2.24) is 9.29 Å². The Morgan fingerprint density at radius 2 is 1.93 bits per heavy atom. The van der Waals surface area contributed by atoms with Crippen LogP contribution < -0.4 is 13.8 Å². The molecule has 0 aliphatic carbocycles. The van der Waals surface area contributed by atoms with Gasteiger partial charge in [0.25, 0.3) is 0 Å². The third kappa shape index (κ3) is 6.77. The number of carbonyl (C=O) groups excluding carboxylic acids is 1. The molecule has 0 saturated carbocycles. The average molecular weight is 612 g/mol. The van der Waals surface area contributed by atoms with Crippen molar-refractivity contribution in [3.05, 3.63) is 82.9 Å². The zero-order valence-corrected chi connectivity index (χ0v) is 25.2. The van der Waals surface area contributed by atoms with Crippen molar-refractivity contribution in [2.45, 2.75) is 32.7 Å². The Balaban J connectivity index is 1.26. The lowest BCUT2D eigenvalue weighted by Gasteiger charge is -2.34. The number of carbonyl (C=O) groups is 1. The normalized spacial score (nSPS) is 13.2. The topological polar surface area (TPSA) is 111 Å². The molecule has 2 aromatic carbocycles. The lowest BCUT2D eigenvalue weighted by molar-refractivity contribution is -0.143. The van der Waals surface area contributed by atoms with E-state index in [2.05, 4.69) is 4.98 Å². The van der Waals surface area contributed by atoms with Crippen molar-refractivity contribution in [3.63, 3.8) is 0 Å². The second kappa shape index (κ2) is 13.4. The number of anilines is 1. The number of ether oxygens (including phenoxy) is 3.